The lowest BCUT2D eigenvalue weighted by molar-refractivity contribution is -0.115. The van der Waals surface area contributed by atoms with E-state index in [4.69, 9.17) is 0 Å². The normalized spacial score (nSPS) is 15.4. The number of aryl methyl sites for hydroxylation is 2. The van der Waals surface area contributed by atoms with Crippen molar-refractivity contribution >= 4 is 27.4 Å². The monoisotopic (exact) mass is 428 g/mol. The number of benzene rings is 1. The Hall–Kier alpha value is -2.85. The van der Waals surface area contributed by atoms with Gasteiger partial charge in [-0.15, -0.1) is 5.10 Å². The smallest absolute Gasteiger partial charge is 0.252 e. The predicted molar refractivity (Wildman–Crippen MR) is 112 cm³/mol. The highest BCUT2D eigenvalue weighted by Gasteiger charge is 2.28. The van der Waals surface area contributed by atoms with Gasteiger partial charge in [0.2, 0.25) is 15.9 Å². The zero-order valence-corrected chi connectivity index (χ0v) is 17.8. The highest BCUT2D eigenvalue weighted by atomic mass is 32.2. The van der Waals surface area contributed by atoms with E-state index in [9.17, 15) is 13.2 Å². The summed E-state index contributed by atoms with van der Waals surface area (Å²) in [6.07, 6.45) is 2.64. The van der Waals surface area contributed by atoms with Crippen LogP contribution in [0.2, 0.25) is 0 Å². The molecule has 30 heavy (non-hydrogen) atoms. The maximum absolute atomic E-state index is 13.1. The van der Waals surface area contributed by atoms with Gasteiger partial charge in [0, 0.05) is 24.5 Å². The number of nitrogens with one attached hydrogen (secondary N) is 1. The zero-order valence-electron chi connectivity index (χ0n) is 17.0. The molecule has 1 saturated heterocycles. The Morgan fingerprint density at radius 2 is 1.83 bits per heavy atom. The number of rotatable bonds is 5. The minimum absolute atomic E-state index is 0.0834. The molecule has 4 rings (SSSR count). The summed E-state index contributed by atoms with van der Waals surface area (Å²) in [5.41, 5.74) is 1.96. The molecule has 3 heterocycles. The van der Waals surface area contributed by atoms with Gasteiger partial charge in [-0.05, 0) is 44.9 Å². The van der Waals surface area contributed by atoms with E-state index in [1.165, 1.54) is 10.4 Å². The predicted octanol–water partition coefficient (Wildman–Crippen LogP) is 2.10. The molecule has 0 radical (unpaired) electrons. The number of anilines is 1. The number of carbonyl (C=O) groups excluding carboxylic acids is 1. The van der Waals surface area contributed by atoms with E-state index in [-0.39, 0.29) is 22.9 Å². The van der Waals surface area contributed by atoms with E-state index in [2.05, 4.69) is 20.4 Å². The first-order chi connectivity index (χ1) is 14.3. The molecule has 0 saturated carbocycles. The van der Waals surface area contributed by atoms with Gasteiger partial charge in [-0.25, -0.2) is 17.9 Å². The first-order valence-electron chi connectivity index (χ1n) is 9.93. The molecule has 1 aromatic carbocycles. The fourth-order valence-electron chi connectivity index (χ4n) is 3.66. The van der Waals surface area contributed by atoms with Crippen LogP contribution in [0.3, 0.4) is 0 Å². The van der Waals surface area contributed by atoms with E-state index in [1.54, 1.807) is 22.7 Å². The van der Waals surface area contributed by atoms with E-state index in [0.29, 0.717) is 24.7 Å². The first kappa shape index (κ1) is 20.4. The average molecular weight is 429 g/mol. The number of para-hydroxylation sites is 1. The maximum Gasteiger partial charge on any atom is 0.252 e. The molecule has 0 spiro atoms. The maximum atomic E-state index is 13.1. The largest absolute Gasteiger partial charge is 0.324 e. The van der Waals surface area contributed by atoms with Crippen LogP contribution in [-0.2, 0) is 21.2 Å². The Morgan fingerprint density at radius 1 is 1.10 bits per heavy atom. The fourth-order valence-corrected chi connectivity index (χ4v) is 5.32. The number of nitrogens with zero attached hydrogens (tertiary/aromatic N) is 5. The second-order valence-corrected chi connectivity index (χ2v) is 9.37. The van der Waals surface area contributed by atoms with Gasteiger partial charge in [0.15, 0.2) is 5.82 Å². The average Bonchev–Trinajstić information content (AvgIpc) is 3.11. The summed E-state index contributed by atoms with van der Waals surface area (Å²) < 4.78 is 29.2. The number of hydrogen-bond acceptors (Lipinski definition) is 6. The van der Waals surface area contributed by atoms with Gasteiger partial charge in [0.25, 0.3) is 5.78 Å². The molecule has 1 aliphatic heterocycles. The van der Waals surface area contributed by atoms with Crippen molar-refractivity contribution in [3.63, 3.8) is 0 Å². The molecule has 3 aromatic rings. The molecule has 2 aromatic heterocycles. The van der Waals surface area contributed by atoms with E-state index in [0.717, 1.165) is 30.7 Å². The zero-order chi connectivity index (χ0) is 21.3. The third kappa shape index (κ3) is 4.05. The molecule has 158 valence electrons. The number of fused-ring (bicyclic) bond motifs is 1. The summed E-state index contributed by atoms with van der Waals surface area (Å²) in [5, 5.41) is 7.06. The number of piperidine rings is 1. The minimum atomic E-state index is -3.67. The fraction of sp³-hybridized carbons (Fsp3) is 0.400. The van der Waals surface area contributed by atoms with Crippen molar-refractivity contribution in [1.29, 1.82) is 0 Å². The number of aromatic nitrogens is 4. The lowest BCUT2D eigenvalue weighted by Crippen LogP contribution is -2.36. The van der Waals surface area contributed by atoms with Gasteiger partial charge in [0.05, 0.1) is 12.1 Å². The van der Waals surface area contributed by atoms with Gasteiger partial charge in [0.1, 0.15) is 4.90 Å². The summed E-state index contributed by atoms with van der Waals surface area (Å²) in [6.45, 7) is 4.76. The third-order valence-corrected chi connectivity index (χ3v) is 7.03. The standard InChI is InChI=1S/C20H24N6O3S/c1-14-12-15(2)26-20(21-14)23-18(24-26)13-19(27)22-16-8-4-5-9-17(16)30(28,29)25-10-6-3-7-11-25/h4-5,8-9,12H,3,6-7,10-11,13H2,1-2H3,(H,22,27). The summed E-state index contributed by atoms with van der Waals surface area (Å²) in [6, 6.07) is 8.36. The van der Waals surface area contributed by atoms with Crippen molar-refractivity contribution in [2.45, 2.75) is 44.4 Å². The second kappa shape index (κ2) is 8.11. The van der Waals surface area contributed by atoms with Crippen LogP contribution >= 0.6 is 0 Å². The quantitative estimate of drug-likeness (QED) is 0.666. The van der Waals surface area contributed by atoms with Crippen LogP contribution in [0.1, 0.15) is 36.5 Å². The van der Waals surface area contributed by atoms with Crippen LogP contribution in [0.4, 0.5) is 5.69 Å². The molecule has 0 bridgehead atoms. The molecule has 1 N–H and O–H groups in total. The number of carbonyl (C=O) groups is 1. The van der Waals surface area contributed by atoms with Crippen molar-refractivity contribution < 1.29 is 13.2 Å². The number of amides is 1. The van der Waals surface area contributed by atoms with E-state index < -0.39 is 10.0 Å². The van der Waals surface area contributed by atoms with E-state index in [1.807, 2.05) is 19.9 Å². The van der Waals surface area contributed by atoms with Gasteiger partial charge in [-0.1, -0.05) is 18.6 Å². The summed E-state index contributed by atoms with van der Waals surface area (Å²) in [7, 11) is -3.67. The first-order valence-corrected chi connectivity index (χ1v) is 11.4. The van der Waals surface area contributed by atoms with Crippen LogP contribution < -0.4 is 5.32 Å². The van der Waals surface area contributed by atoms with Crippen molar-refractivity contribution in [2.24, 2.45) is 0 Å². The Balaban J connectivity index is 1.55. The summed E-state index contributed by atoms with van der Waals surface area (Å²) in [4.78, 5) is 21.4. The SMILES string of the molecule is Cc1cc(C)n2nc(CC(=O)Nc3ccccc3S(=O)(=O)N3CCCCC3)nc2n1. The summed E-state index contributed by atoms with van der Waals surface area (Å²) in [5.74, 6) is 0.370. The minimum Gasteiger partial charge on any atom is -0.324 e. The molecule has 0 atom stereocenters. The molecular weight excluding hydrogens is 404 g/mol. The van der Waals surface area contributed by atoms with Gasteiger partial charge < -0.3 is 5.32 Å². The van der Waals surface area contributed by atoms with Crippen molar-refractivity contribution in [3.8, 4) is 0 Å². The third-order valence-electron chi connectivity index (χ3n) is 5.07. The summed E-state index contributed by atoms with van der Waals surface area (Å²) >= 11 is 0. The Morgan fingerprint density at radius 3 is 2.60 bits per heavy atom. The second-order valence-electron chi connectivity index (χ2n) is 7.46. The van der Waals surface area contributed by atoms with Crippen LogP contribution in [-0.4, -0.2) is 51.3 Å². The van der Waals surface area contributed by atoms with E-state index >= 15 is 0 Å². The molecule has 0 aliphatic carbocycles. The molecular formula is C20H24N6O3S. The van der Waals surface area contributed by atoms with Crippen LogP contribution in [0.25, 0.3) is 5.78 Å². The van der Waals surface area contributed by atoms with Gasteiger partial charge >= 0.3 is 0 Å². The van der Waals surface area contributed by atoms with Crippen LogP contribution in [0, 0.1) is 13.8 Å². The van der Waals surface area contributed by atoms with Gasteiger partial charge in [-0.3, -0.25) is 4.79 Å². The Bertz CT molecular complexity index is 1200. The lowest BCUT2D eigenvalue weighted by Gasteiger charge is -2.26. The lowest BCUT2D eigenvalue weighted by atomic mass is 10.2. The molecule has 0 unspecified atom stereocenters. The van der Waals surface area contributed by atoms with Crippen molar-refractivity contribution in [3.05, 3.63) is 47.5 Å². The number of hydrogen-bond donors (Lipinski definition) is 1. The molecule has 10 heteroatoms. The highest BCUT2D eigenvalue weighted by Crippen LogP contribution is 2.26. The Labute approximate surface area is 175 Å². The molecule has 1 aliphatic rings. The molecule has 1 amide bonds. The molecule has 1 fully saturated rings. The van der Waals surface area contributed by atoms with Crippen molar-refractivity contribution in [2.75, 3.05) is 18.4 Å². The van der Waals surface area contributed by atoms with Crippen LogP contribution in [0.15, 0.2) is 35.2 Å². The number of sulfonamides is 1. The Kier molecular flexibility index (Phi) is 5.52. The van der Waals surface area contributed by atoms with Crippen molar-refractivity contribution in [1.82, 2.24) is 23.9 Å². The highest BCUT2D eigenvalue weighted by molar-refractivity contribution is 7.89. The van der Waals surface area contributed by atoms with Gasteiger partial charge in [-0.2, -0.15) is 9.29 Å². The topological polar surface area (TPSA) is 110 Å². The molecule has 9 nitrogen and oxygen atoms in total. The van der Waals surface area contributed by atoms with Crippen LogP contribution in [0.5, 0.6) is 0 Å².